The van der Waals surface area contributed by atoms with Crippen molar-refractivity contribution in [3.05, 3.63) is 22.3 Å². The van der Waals surface area contributed by atoms with Gasteiger partial charge in [0.05, 0.1) is 5.97 Å². The van der Waals surface area contributed by atoms with Gasteiger partial charge < -0.3 is 15.2 Å². The molecule has 0 saturated carbocycles. The summed E-state index contributed by atoms with van der Waals surface area (Å²) in [5.74, 6) is -1.46. The number of carboxylic acids is 1. The third kappa shape index (κ3) is 2.53. The smallest absolute Gasteiger partial charge is 0.222 e. The maximum atomic E-state index is 10.7. The Morgan fingerprint density at radius 1 is 1.57 bits per heavy atom. The normalized spacial score (nSPS) is 9.57. The van der Waals surface area contributed by atoms with Crippen molar-refractivity contribution in [2.75, 3.05) is 5.32 Å². The highest BCUT2D eigenvalue weighted by Gasteiger charge is 2.04. The van der Waals surface area contributed by atoms with Gasteiger partial charge in [0.2, 0.25) is 5.91 Å². The van der Waals surface area contributed by atoms with Crippen LogP contribution in [-0.4, -0.2) is 16.9 Å². The van der Waals surface area contributed by atoms with Crippen LogP contribution in [-0.2, 0) is 4.79 Å². The Labute approximate surface area is 88.3 Å². The van der Waals surface area contributed by atoms with Gasteiger partial charge in [-0.05, 0) is 22.0 Å². The van der Waals surface area contributed by atoms with Gasteiger partial charge in [0.15, 0.2) is 0 Å². The number of pyridine rings is 1. The number of carbonyl (C=O) groups is 2. The van der Waals surface area contributed by atoms with Crippen LogP contribution in [0.2, 0.25) is 0 Å². The van der Waals surface area contributed by atoms with Crippen molar-refractivity contribution in [3.8, 4) is 0 Å². The Balaban J connectivity index is 3.06. The number of amides is 1. The van der Waals surface area contributed by atoms with Gasteiger partial charge >= 0.3 is 0 Å². The minimum absolute atomic E-state index is 0.0521. The van der Waals surface area contributed by atoms with Crippen LogP contribution in [0.3, 0.4) is 0 Å². The Morgan fingerprint density at radius 3 is 2.71 bits per heavy atom. The van der Waals surface area contributed by atoms with Crippen LogP contribution < -0.4 is 10.4 Å². The van der Waals surface area contributed by atoms with Crippen molar-refractivity contribution in [3.63, 3.8) is 0 Å². The van der Waals surface area contributed by atoms with Crippen LogP contribution in [0.4, 0.5) is 5.82 Å². The van der Waals surface area contributed by atoms with E-state index in [2.05, 4.69) is 26.2 Å². The lowest BCUT2D eigenvalue weighted by molar-refractivity contribution is -0.255. The molecule has 5 nitrogen and oxygen atoms in total. The molecule has 0 aliphatic heterocycles. The van der Waals surface area contributed by atoms with E-state index in [4.69, 9.17) is 0 Å². The van der Waals surface area contributed by atoms with Gasteiger partial charge in [-0.3, -0.25) is 4.79 Å². The summed E-state index contributed by atoms with van der Waals surface area (Å²) in [6, 6.07) is 1.22. The molecule has 74 valence electrons. The van der Waals surface area contributed by atoms with E-state index in [-0.39, 0.29) is 17.3 Å². The summed E-state index contributed by atoms with van der Waals surface area (Å²) < 4.78 is 0.312. The molecule has 14 heavy (non-hydrogen) atoms. The van der Waals surface area contributed by atoms with Crippen molar-refractivity contribution >= 4 is 33.6 Å². The molecule has 0 bridgehead atoms. The summed E-state index contributed by atoms with van der Waals surface area (Å²) in [5.41, 5.74) is -0.0521. The number of nitrogens with one attached hydrogen (secondary N) is 1. The zero-order valence-electron chi connectivity index (χ0n) is 7.20. The largest absolute Gasteiger partial charge is 0.545 e. The van der Waals surface area contributed by atoms with Crippen molar-refractivity contribution < 1.29 is 14.7 Å². The van der Waals surface area contributed by atoms with E-state index in [0.29, 0.717) is 4.47 Å². The molecule has 0 spiro atoms. The molecule has 1 amide bonds. The van der Waals surface area contributed by atoms with Gasteiger partial charge in [0.25, 0.3) is 0 Å². The first-order valence-electron chi connectivity index (χ1n) is 3.65. The standard InChI is InChI=1S/C8H7BrN2O3/c1-4(12)11-7-2-5(8(13)14)6(9)3-10-7/h2-3H,1H3,(H,13,14)(H,10,11,12)/p-1. The van der Waals surface area contributed by atoms with Crippen LogP contribution in [0.1, 0.15) is 17.3 Å². The second-order valence-electron chi connectivity index (χ2n) is 2.52. The summed E-state index contributed by atoms with van der Waals surface area (Å²) in [7, 11) is 0. The number of rotatable bonds is 2. The number of carboxylic acid groups (broad SMARTS) is 1. The van der Waals surface area contributed by atoms with E-state index in [0.717, 1.165) is 0 Å². The van der Waals surface area contributed by atoms with Gasteiger partial charge in [-0.15, -0.1) is 0 Å². The lowest BCUT2D eigenvalue weighted by Gasteiger charge is -2.07. The van der Waals surface area contributed by atoms with Gasteiger partial charge in [-0.2, -0.15) is 0 Å². The zero-order chi connectivity index (χ0) is 10.7. The molecule has 0 aliphatic carbocycles. The van der Waals surface area contributed by atoms with Crippen LogP contribution in [0, 0.1) is 0 Å². The maximum absolute atomic E-state index is 10.7. The second-order valence-corrected chi connectivity index (χ2v) is 3.37. The molecule has 1 heterocycles. The Kier molecular flexibility index (Phi) is 3.19. The van der Waals surface area contributed by atoms with E-state index in [1.807, 2.05) is 0 Å². The van der Waals surface area contributed by atoms with Crippen LogP contribution >= 0.6 is 15.9 Å². The molecule has 1 aromatic rings. The van der Waals surface area contributed by atoms with E-state index < -0.39 is 5.97 Å². The molecule has 0 aromatic carbocycles. The third-order valence-electron chi connectivity index (χ3n) is 1.38. The lowest BCUT2D eigenvalue weighted by Crippen LogP contribution is -2.23. The third-order valence-corrected chi connectivity index (χ3v) is 2.01. The minimum Gasteiger partial charge on any atom is -0.545 e. The number of halogens is 1. The minimum atomic E-state index is -1.33. The predicted octanol–water partition coefficient (Wildman–Crippen LogP) is 0.166. The number of nitrogens with zero attached hydrogens (tertiary/aromatic N) is 1. The Morgan fingerprint density at radius 2 is 2.21 bits per heavy atom. The second kappa shape index (κ2) is 4.19. The highest BCUT2D eigenvalue weighted by molar-refractivity contribution is 9.10. The molecule has 0 aliphatic rings. The monoisotopic (exact) mass is 257 g/mol. The fourth-order valence-corrected chi connectivity index (χ4v) is 1.22. The SMILES string of the molecule is CC(=O)Nc1cc(C(=O)[O-])c(Br)cn1. The van der Waals surface area contributed by atoms with Crippen LogP contribution in [0.25, 0.3) is 0 Å². The van der Waals surface area contributed by atoms with E-state index in [1.54, 1.807) is 0 Å². The van der Waals surface area contributed by atoms with Crippen molar-refractivity contribution in [1.82, 2.24) is 4.98 Å². The van der Waals surface area contributed by atoms with Crippen molar-refractivity contribution in [1.29, 1.82) is 0 Å². The van der Waals surface area contributed by atoms with Crippen LogP contribution in [0.5, 0.6) is 0 Å². The Hall–Kier alpha value is -1.43. The number of carbonyl (C=O) groups excluding carboxylic acids is 2. The Bertz CT molecular complexity index is 392. The molecule has 0 atom stereocenters. The average Bonchev–Trinajstić information content (AvgIpc) is 2.07. The molecule has 0 radical (unpaired) electrons. The number of hydrogen-bond donors (Lipinski definition) is 1. The zero-order valence-corrected chi connectivity index (χ0v) is 8.79. The molecule has 1 N–H and O–H groups in total. The first-order chi connectivity index (χ1) is 6.50. The fourth-order valence-electron chi connectivity index (χ4n) is 0.844. The van der Waals surface area contributed by atoms with Gasteiger partial charge in [0.1, 0.15) is 5.82 Å². The van der Waals surface area contributed by atoms with E-state index in [9.17, 15) is 14.7 Å². The van der Waals surface area contributed by atoms with Crippen LogP contribution in [0.15, 0.2) is 16.7 Å². The summed E-state index contributed by atoms with van der Waals surface area (Å²) in [6.45, 7) is 1.31. The maximum Gasteiger partial charge on any atom is 0.222 e. The molecule has 1 aromatic heterocycles. The van der Waals surface area contributed by atoms with Gasteiger partial charge in [-0.25, -0.2) is 4.98 Å². The number of aromatic carboxylic acids is 1. The van der Waals surface area contributed by atoms with Gasteiger partial charge in [0, 0.05) is 23.2 Å². The topological polar surface area (TPSA) is 82.1 Å². The molecular weight excluding hydrogens is 252 g/mol. The fraction of sp³-hybridized carbons (Fsp3) is 0.125. The highest BCUT2D eigenvalue weighted by atomic mass is 79.9. The highest BCUT2D eigenvalue weighted by Crippen LogP contribution is 2.17. The predicted molar refractivity (Wildman–Crippen MR) is 50.6 cm³/mol. The number of anilines is 1. The summed E-state index contributed by atoms with van der Waals surface area (Å²) >= 11 is 3.00. The van der Waals surface area contributed by atoms with Crippen molar-refractivity contribution in [2.45, 2.75) is 6.92 Å². The summed E-state index contributed by atoms with van der Waals surface area (Å²) in [6.07, 6.45) is 1.29. The van der Waals surface area contributed by atoms with E-state index >= 15 is 0 Å². The summed E-state index contributed by atoms with van der Waals surface area (Å²) in [5, 5.41) is 12.9. The van der Waals surface area contributed by atoms with Gasteiger partial charge in [-0.1, -0.05) is 0 Å². The first kappa shape index (κ1) is 10.6. The molecular formula is C8H6BrN2O3-. The van der Waals surface area contributed by atoms with Crippen molar-refractivity contribution in [2.24, 2.45) is 0 Å². The summed E-state index contributed by atoms with van der Waals surface area (Å²) in [4.78, 5) is 25.0. The molecule has 0 saturated heterocycles. The number of hydrogen-bond acceptors (Lipinski definition) is 4. The first-order valence-corrected chi connectivity index (χ1v) is 4.44. The quantitative estimate of drug-likeness (QED) is 0.819. The number of aromatic nitrogens is 1. The molecule has 0 fully saturated rings. The molecule has 1 rings (SSSR count). The van der Waals surface area contributed by atoms with E-state index in [1.165, 1.54) is 19.2 Å². The average molecular weight is 258 g/mol. The molecule has 6 heteroatoms. The molecule has 0 unspecified atom stereocenters. The lowest BCUT2D eigenvalue weighted by atomic mass is 10.2.